The number of carbonyl (C=O) groups is 1. The van der Waals surface area contributed by atoms with E-state index in [1.165, 1.54) is 0 Å². The zero-order valence-electron chi connectivity index (χ0n) is 12.8. The van der Waals surface area contributed by atoms with Crippen molar-refractivity contribution in [2.45, 2.75) is 46.1 Å². The predicted molar refractivity (Wildman–Crippen MR) is 78.5 cm³/mol. The number of ketones is 1. The highest BCUT2D eigenvalue weighted by Gasteiger charge is 2.17. The maximum absolute atomic E-state index is 11.6. The highest BCUT2D eigenvalue weighted by atomic mass is 16.5. The van der Waals surface area contributed by atoms with Gasteiger partial charge in [0.25, 0.3) is 5.89 Å². The van der Waals surface area contributed by atoms with Crippen LogP contribution in [0.1, 0.15) is 68.2 Å². The number of carbonyl (C=O) groups excluding carboxylic acids is 1. The quantitative estimate of drug-likeness (QED) is 0.753. The summed E-state index contributed by atoms with van der Waals surface area (Å²) < 4.78 is 11.0. The van der Waals surface area contributed by atoms with E-state index < -0.39 is 0 Å². The summed E-state index contributed by atoms with van der Waals surface area (Å²) in [5, 5.41) is 3.92. The zero-order valence-corrected chi connectivity index (χ0v) is 12.8. The van der Waals surface area contributed by atoms with E-state index in [0.717, 1.165) is 0 Å². The molecule has 0 radical (unpaired) electrons. The molecule has 0 aliphatic rings. The molecule has 0 N–H and O–H groups in total. The average molecular weight is 288 g/mol. The van der Waals surface area contributed by atoms with Crippen molar-refractivity contribution in [1.82, 2.24) is 10.1 Å². The third-order valence-corrected chi connectivity index (χ3v) is 3.13. The lowest BCUT2D eigenvalue weighted by Crippen LogP contribution is -2.04. The first-order valence-corrected chi connectivity index (χ1v) is 7.14. The minimum Gasteiger partial charge on any atom is -0.481 e. The molecular weight excluding hydrogens is 268 g/mol. The van der Waals surface area contributed by atoms with Gasteiger partial charge in [-0.3, -0.25) is 4.79 Å². The Hall–Kier alpha value is -2.17. The molecule has 0 saturated heterocycles. The lowest BCUT2D eigenvalue weighted by Gasteiger charge is -2.11. The highest BCUT2D eigenvalue weighted by Crippen LogP contribution is 2.22. The number of nitrogens with zero attached hydrogens (tertiary/aromatic N) is 2. The van der Waals surface area contributed by atoms with Crippen LogP contribution in [0, 0.1) is 0 Å². The second-order valence-corrected chi connectivity index (χ2v) is 5.21. The SMILES string of the molecule is CCC(=O)c1ccc(O[C@@H](C)c2nc(C(C)C)no2)cc1. The van der Waals surface area contributed by atoms with E-state index in [1.807, 2.05) is 27.7 Å². The topological polar surface area (TPSA) is 65.2 Å². The van der Waals surface area contributed by atoms with Crippen molar-refractivity contribution in [2.75, 3.05) is 0 Å². The summed E-state index contributed by atoms with van der Waals surface area (Å²) in [7, 11) is 0. The fourth-order valence-electron chi connectivity index (χ4n) is 1.82. The number of aromatic nitrogens is 2. The Kier molecular flexibility index (Phi) is 4.73. The molecule has 0 aliphatic heterocycles. The molecule has 112 valence electrons. The molecule has 0 unspecified atom stereocenters. The molecule has 0 bridgehead atoms. The smallest absolute Gasteiger partial charge is 0.267 e. The van der Waals surface area contributed by atoms with E-state index in [-0.39, 0.29) is 17.8 Å². The van der Waals surface area contributed by atoms with Crippen molar-refractivity contribution in [1.29, 1.82) is 0 Å². The van der Waals surface area contributed by atoms with Crippen molar-refractivity contribution in [3.05, 3.63) is 41.5 Å². The molecule has 2 aromatic rings. The van der Waals surface area contributed by atoms with Crippen LogP contribution < -0.4 is 4.74 Å². The maximum atomic E-state index is 11.6. The average Bonchev–Trinajstić information content (AvgIpc) is 2.97. The van der Waals surface area contributed by atoms with E-state index in [9.17, 15) is 4.79 Å². The Bertz CT molecular complexity index is 602. The van der Waals surface area contributed by atoms with Gasteiger partial charge in [-0.25, -0.2) is 0 Å². The summed E-state index contributed by atoms with van der Waals surface area (Å²) in [5.41, 5.74) is 0.692. The first-order valence-electron chi connectivity index (χ1n) is 7.14. The molecule has 0 spiro atoms. The molecule has 0 amide bonds. The van der Waals surface area contributed by atoms with E-state index in [4.69, 9.17) is 9.26 Å². The number of hydrogen-bond donors (Lipinski definition) is 0. The molecule has 0 saturated carbocycles. The third kappa shape index (κ3) is 3.68. The van der Waals surface area contributed by atoms with Gasteiger partial charge in [0.05, 0.1) is 0 Å². The Morgan fingerprint density at radius 2 is 1.90 bits per heavy atom. The molecule has 0 aliphatic carbocycles. The summed E-state index contributed by atoms with van der Waals surface area (Å²) in [6.45, 7) is 7.70. The lowest BCUT2D eigenvalue weighted by atomic mass is 10.1. The minimum absolute atomic E-state index is 0.119. The summed E-state index contributed by atoms with van der Waals surface area (Å²) >= 11 is 0. The van der Waals surface area contributed by atoms with Crippen LogP contribution in [0.4, 0.5) is 0 Å². The van der Waals surface area contributed by atoms with E-state index >= 15 is 0 Å². The van der Waals surface area contributed by atoms with Crippen LogP contribution in [0.5, 0.6) is 5.75 Å². The molecule has 21 heavy (non-hydrogen) atoms. The normalized spacial score (nSPS) is 12.4. The summed E-state index contributed by atoms with van der Waals surface area (Å²) in [4.78, 5) is 15.9. The second-order valence-electron chi connectivity index (χ2n) is 5.21. The van der Waals surface area contributed by atoms with E-state index in [1.54, 1.807) is 24.3 Å². The molecule has 5 heteroatoms. The van der Waals surface area contributed by atoms with Crippen LogP contribution >= 0.6 is 0 Å². The Balaban J connectivity index is 2.04. The van der Waals surface area contributed by atoms with Gasteiger partial charge in [0, 0.05) is 17.9 Å². The molecule has 0 fully saturated rings. The van der Waals surface area contributed by atoms with Gasteiger partial charge in [-0.05, 0) is 31.2 Å². The van der Waals surface area contributed by atoms with E-state index in [0.29, 0.717) is 29.4 Å². The maximum Gasteiger partial charge on any atom is 0.267 e. The Morgan fingerprint density at radius 3 is 2.43 bits per heavy atom. The molecule has 1 heterocycles. The van der Waals surface area contributed by atoms with Crippen molar-refractivity contribution in [2.24, 2.45) is 0 Å². The van der Waals surface area contributed by atoms with Crippen LogP contribution in [0.3, 0.4) is 0 Å². The van der Waals surface area contributed by atoms with Crippen LogP contribution in [-0.4, -0.2) is 15.9 Å². The summed E-state index contributed by atoms with van der Waals surface area (Å²) in [6, 6.07) is 7.08. The first kappa shape index (κ1) is 15.2. The van der Waals surface area contributed by atoms with Crippen LogP contribution in [0.25, 0.3) is 0 Å². The monoisotopic (exact) mass is 288 g/mol. The van der Waals surface area contributed by atoms with Gasteiger partial charge in [0.15, 0.2) is 17.7 Å². The van der Waals surface area contributed by atoms with Crippen LogP contribution in [-0.2, 0) is 0 Å². The standard InChI is InChI=1S/C16H20N2O3/c1-5-14(19)12-6-8-13(9-7-12)20-11(4)16-17-15(10(2)3)18-21-16/h6-11H,5H2,1-4H3/t11-/m0/s1. The number of Topliss-reactive ketones (excluding diaryl/α,β-unsaturated/α-hetero) is 1. The lowest BCUT2D eigenvalue weighted by molar-refractivity contribution is 0.0988. The minimum atomic E-state index is -0.335. The van der Waals surface area contributed by atoms with Crippen molar-refractivity contribution in [3.8, 4) is 5.75 Å². The van der Waals surface area contributed by atoms with Gasteiger partial charge in [-0.15, -0.1) is 0 Å². The Morgan fingerprint density at radius 1 is 1.24 bits per heavy atom. The van der Waals surface area contributed by atoms with Crippen molar-refractivity contribution < 1.29 is 14.1 Å². The number of ether oxygens (including phenoxy) is 1. The van der Waals surface area contributed by atoms with Crippen LogP contribution in [0.15, 0.2) is 28.8 Å². The van der Waals surface area contributed by atoms with Crippen molar-refractivity contribution >= 4 is 5.78 Å². The van der Waals surface area contributed by atoms with Crippen LogP contribution in [0.2, 0.25) is 0 Å². The molecule has 2 rings (SSSR count). The molecular formula is C16H20N2O3. The first-order chi connectivity index (χ1) is 10.0. The summed E-state index contributed by atoms with van der Waals surface area (Å²) in [5.74, 6) is 2.12. The van der Waals surface area contributed by atoms with Gasteiger partial charge >= 0.3 is 0 Å². The molecule has 1 aromatic heterocycles. The van der Waals surface area contributed by atoms with Gasteiger partial charge < -0.3 is 9.26 Å². The fourth-order valence-corrected chi connectivity index (χ4v) is 1.82. The zero-order chi connectivity index (χ0) is 15.4. The second kappa shape index (κ2) is 6.52. The number of benzene rings is 1. The summed E-state index contributed by atoms with van der Waals surface area (Å²) in [6.07, 6.45) is 0.161. The molecule has 1 aromatic carbocycles. The third-order valence-electron chi connectivity index (χ3n) is 3.13. The van der Waals surface area contributed by atoms with Crippen molar-refractivity contribution in [3.63, 3.8) is 0 Å². The van der Waals surface area contributed by atoms with Gasteiger partial charge in [-0.1, -0.05) is 25.9 Å². The van der Waals surface area contributed by atoms with Gasteiger partial charge in [0.2, 0.25) is 0 Å². The van der Waals surface area contributed by atoms with Gasteiger partial charge in [0.1, 0.15) is 5.75 Å². The predicted octanol–water partition coefficient (Wildman–Crippen LogP) is 3.93. The molecule has 5 nitrogen and oxygen atoms in total. The fraction of sp³-hybridized carbons (Fsp3) is 0.438. The van der Waals surface area contributed by atoms with E-state index in [2.05, 4.69) is 10.1 Å². The van der Waals surface area contributed by atoms with Gasteiger partial charge in [-0.2, -0.15) is 4.98 Å². The highest BCUT2D eigenvalue weighted by molar-refractivity contribution is 5.95. The number of rotatable bonds is 6. The molecule has 1 atom stereocenters. The number of hydrogen-bond acceptors (Lipinski definition) is 5. The Labute approximate surface area is 124 Å². The largest absolute Gasteiger partial charge is 0.481 e.